The SMILES string of the molecule is COCCN1CCSCC1CN. The van der Waals surface area contributed by atoms with Crippen molar-refractivity contribution in [2.45, 2.75) is 6.04 Å². The molecule has 0 saturated carbocycles. The van der Waals surface area contributed by atoms with Crippen LogP contribution in [0.5, 0.6) is 0 Å². The van der Waals surface area contributed by atoms with Gasteiger partial charge in [-0.1, -0.05) is 0 Å². The number of ether oxygens (including phenoxy) is 1. The Labute approximate surface area is 78.6 Å². The third kappa shape index (κ3) is 2.94. The van der Waals surface area contributed by atoms with Gasteiger partial charge in [-0.15, -0.1) is 0 Å². The number of nitrogens with two attached hydrogens (primary N) is 1. The highest BCUT2D eigenvalue weighted by atomic mass is 32.2. The molecule has 0 aromatic rings. The van der Waals surface area contributed by atoms with E-state index in [9.17, 15) is 0 Å². The second-order valence-corrected chi connectivity index (χ2v) is 4.14. The minimum Gasteiger partial charge on any atom is -0.383 e. The van der Waals surface area contributed by atoms with Crippen molar-refractivity contribution in [1.29, 1.82) is 0 Å². The molecule has 72 valence electrons. The first-order valence-electron chi connectivity index (χ1n) is 4.39. The van der Waals surface area contributed by atoms with Crippen molar-refractivity contribution < 1.29 is 4.74 Å². The Morgan fingerprint density at radius 1 is 1.67 bits per heavy atom. The van der Waals surface area contributed by atoms with E-state index in [0.717, 1.165) is 26.2 Å². The molecule has 0 aromatic carbocycles. The fourth-order valence-electron chi connectivity index (χ4n) is 1.41. The molecule has 0 bridgehead atoms. The summed E-state index contributed by atoms with van der Waals surface area (Å²) in [5, 5.41) is 0. The van der Waals surface area contributed by atoms with Crippen LogP contribution in [-0.4, -0.2) is 55.8 Å². The molecular formula is C8H18N2OS. The van der Waals surface area contributed by atoms with Gasteiger partial charge in [-0.3, -0.25) is 4.90 Å². The van der Waals surface area contributed by atoms with Crippen molar-refractivity contribution >= 4 is 11.8 Å². The molecule has 0 spiro atoms. The van der Waals surface area contributed by atoms with E-state index in [2.05, 4.69) is 4.90 Å². The summed E-state index contributed by atoms with van der Waals surface area (Å²) in [6.45, 7) is 3.78. The van der Waals surface area contributed by atoms with Crippen molar-refractivity contribution in [1.82, 2.24) is 4.90 Å². The van der Waals surface area contributed by atoms with Gasteiger partial charge in [0.25, 0.3) is 0 Å². The van der Waals surface area contributed by atoms with Crippen molar-refractivity contribution in [3.05, 3.63) is 0 Å². The van der Waals surface area contributed by atoms with Crippen molar-refractivity contribution in [3.63, 3.8) is 0 Å². The van der Waals surface area contributed by atoms with Gasteiger partial charge in [0.05, 0.1) is 6.61 Å². The van der Waals surface area contributed by atoms with Crippen LogP contribution in [0.1, 0.15) is 0 Å². The van der Waals surface area contributed by atoms with E-state index >= 15 is 0 Å². The molecule has 4 heteroatoms. The van der Waals surface area contributed by atoms with Crippen LogP contribution in [0, 0.1) is 0 Å². The predicted molar refractivity (Wildman–Crippen MR) is 53.6 cm³/mol. The normalized spacial score (nSPS) is 26.0. The molecule has 1 unspecified atom stereocenters. The van der Waals surface area contributed by atoms with E-state index in [-0.39, 0.29) is 0 Å². The Bertz CT molecular complexity index is 124. The van der Waals surface area contributed by atoms with E-state index in [1.165, 1.54) is 11.5 Å². The summed E-state index contributed by atoms with van der Waals surface area (Å²) in [4.78, 5) is 2.43. The molecule has 1 fully saturated rings. The molecule has 12 heavy (non-hydrogen) atoms. The van der Waals surface area contributed by atoms with Gasteiger partial charge in [-0.05, 0) is 0 Å². The van der Waals surface area contributed by atoms with Crippen LogP contribution >= 0.6 is 11.8 Å². The monoisotopic (exact) mass is 190 g/mol. The highest BCUT2D eigenvalue weighted by Crippen LogP contribution is 2.14. The van der Waals surface area contributed by atoms with Gasteiger partial charge in [-0.2, -0.15) is 11.8 Å². The lowest BCUT2D eigenvalue weighted by Crippen LogP contribution is -2.47. The molecule has 1 aliphatic heterocycles. The van der Waals surface area contributed by atoms with Gasteiger partial charge in [-0.25, -0.2) is 0 Å². The Morgan fingerprint density at radius 3 is 3.17 bits per heavy atom. The quantitative estimate of drug-likeness (QED) is 0.678. The minimum atomic E-state index is 0.568. The molecule has 0 aromatic heterocycles. The van der Waals surface area contributed by atoms with Gasteiger partial charge >= 0.3 is 0 Å². The fourth-order valence-corrected chi connectivity index (χ4v) is 2.56. The zero-order valence-electron chi connectivity index (χ0n) is 7.66. The average molecular weight is 190 g/mol. The Hall–Kier alpha value is 0.230. The van der Waals surface area contributed by atoms with Crippen LogP contribution in [0.4, 0.5) is 0 Å². The molecular weight excluding hydrogens is 172 g/mol. The van der Waals surface area contributed by atoms with E-state index in [1.807, 2.05) is 11.8 Å². The Morgan fingerprint density at radius 2 is 2.50 bits per heavy atom. The van der Waals surface area contributed by atoms with Crippen molar-refractivity contribution in [2.24, 2.45) is 5.73 Å². The molecule has 1 rings (SSSR count). The number of hydrogen-bond acceptors (Lipinski definition) is 4. The summed E-state index contributed by atoms with van der Waals surface area (Å²) in [6.07, 6.45) is 0. The van der Waals surface area contributed by atoms with Gasteiger partial charge in [0.2, 0.25) is 0 Å². The lowest BCUT2D eigenvalue weighted by Gasteiger charge is -2.34. The molecule has 3 nitrogen and oxygen atoms in total. The van der Waals surface area contributed by atoms with Crippen LogP contribution in [0.2, 0.25) is 0 Å². The van der Waals surface area contributed by atoms with Crippen LogP contribution in [0.25, 0.3) is 0 Å². The average Bonchev–Trinajstić information content (AvgIpc) is 2.15. The zero-order chi connectivity index (χ0) is 8.81. The molecule has 1 aliphatic rings. The van der Waals surface area contributed by atoms with Crippen LogP contribution in [-0.2, 0) is 4.74 Å². The van der Waals surface area contributed by atoms with E-state index in [1.54, 1.807) is 7.11 Å². The Balaban J connectivity index is 2.26. The molecule has 2 N–H and O–H groups in total. The number of methoxy groups -OCH3 is 1. The molecule has 0 amide bonds. The van der Waals surface area contributed by atoms with Crippen LogP contribution in [0.3, 0.4) is 0 Å². The molecule has 1 saturated heterocycles. The fraction of sp³-hybridized carbons (Fsp3) is 1.00. The summed E-state index contributed by atoms with van der Waals surface area (Å²) >= 11 is 2.00. The molecule has 1 atom stereocenters. The lowest BCUT2D eigenvalue weighted by atomic mass is 10.3. The maximum atomic E-state index is 5.67. The third-order valence-corrected chi connectivity index (χ3v) is 3.30. The largest absolute Gasteiger partial charge is 0.383 e. The Kier molecular flexibility index (Phi) is 4.99. The standard InChI is InChI=1S/C8H18N2OS/c1-11-4-2-10-3-5-12-7-8(10)6-9/h8H,2-7,9H2,1H3. The summed E-state index contributed by atoms with van der Waals surface area (Å²) in [5.41, 5.74) is 5.67. The van der Waals surface area contributed by atoms with Gasteiger partial charge in [0, 0.05) is 44.3 Å². The number of thioether (sulfide) groups is 1. The summed E-state index contributed by atoms with van der Waals surface area (Å²) < 4.78 is 5.05. The maximum absolute atomic E-state index is 5.67. The predicted octanol–water partition coefficient (Wildman–Crippen LogP) is 0.00890. The van der Waals surface area contributed by atoms with Crippen molar-refractivity contribution in [3.8, 4) is 0 Å². The number of rotatable bonds is 4. The first-order chi connectivity index (χ1) is 5.88. The molecule has 0 aliphatic carbocycles. The van der Waals surface area contributed by atoms with E-state index in [0.29, 0.717) is 6.04 Å². The zero-order valence-corrected chi connectivity index (χ0v) is 8.48. The topological polar surface area (TPSA) is 38.5 Å². The smallest absolute Gasteiger partial charge is 0.0589 e. The van der Waals surface area contributed by atoms with Crippen LogP contribution < -0.4 is 5.73 Å². The van der Waals surface area contributed by atoms with Gasteiger partial charge in [0.1, 0.15) is 0 Å². The van der Waals surface area contributed by atoms with Crippen LogP contribution in [0.15, 0.2) is 0 Å². The number of nitrogens with zero attached hydrogens (tertiary/aromatic N) is 1. The first-order valence-corrected chi connectivity index (χ1v) is 5.54. The van der Waals surface area contributed by atoms with E-state index in [4.69, 9.17) is 10.5 Å². The maximum Gasteiger partial charge on any atom is 0.0589 e. The van der Waals surface area contributed by atoms with Crippen molar-refractivity contribution in [2.75, 3.05) is 44.9 Å². The lowest BCUT2D eigenvalue weighted by molar-refractivity contribution is 0.130. The van der Waals surface area contributed by atoms with Gasteiger partial charge in [0.15, 0.2) is 0 Å². The highest BCUT2D eigenvalue weighted by molar-refractivity contribution is 7.99. The second kappa shape index (κ2) is 5.80. The molecule has 1 heterocycles. The van der Waals surface area contributed by atoms with Gasteiger partial charge < -0.3 is 10.5 Å². The summed E-state index contributed by atoms with van der Waals surface area (Å²) in [5.74, 6) is 2.42. The van der Waals surface area contributed by atoms with E-state index < -0.39 is 0 Å². The summed E-state index contributed by atoms with van der Waals surface area (Å²) in [7, 11) is 1.75. The number of hydrogen-bond donors (Lipinski definition) is 1. The summed E-state index contributed by atoms with van der Waals surface area (Å²) in [6, 6.07) is 0.568. The third-order valence-electron chi connectivity index (χ3n) is 2.20. The minimum absolute atomic E-state index is 0.568. The highest BCUT2D eigenvalue weighted by Gasteiger charge is 2.20. The first kappa shape index (κ1) is 10.3. The second-order valence-electron chi connectivity index (χ2n) is 2.99. The molecule has 0 radical (unpaired) electrons.